The van der Waals surface area contributed by atoms with E-state index < -0.39 is 0 Å². The molecule has 1 saturated heterocycles. The number of hydrogen-bond acceptors (Lipinski definition) is 4. The van der Waals surface area contributed by atoms with Gasteiger partial charge in [-0.3, -0.25) is 14.5 Å². The minimum absolute atomic E-state index is 0.146. The number of nitrogens with zero attached hydrogens (tertiary/aromatic N) is 2. The Kier molecular flexibility index (Phi) is 6.10. The van der Waals surface area contributed by atoms with Gasteiger partial charge in [-0.15, -0.1) is 0 Å². The summed E-state index contributed by atoms with van der Waals surface area (Å²) in [6.07, 6.45) is 4.61. The summed E-state index contributed by atoms with van der Waals surface area (Å²) in [4.78, 5) is 30.7. The number of carbonyl (C=O) groups is 2. The van der Waals surface area contributed by atoms with E-state index in [-0.39, 0.29) is 18.4 Å². The third-order valence-electron chi connectivity index (χ3n) is 6.99. The second-order valence-corrected chi connectivity index (χ2v) is 9.44. The van der Waals surface area contributed by atoms with Crippen molar-refractivity contribution in [2.75, 3.05) is 13.1 Å². The highest BCUT2D eigenvalue weighted by molar-refractivity contribution is 6.35. The standard InChI is InChI=1S/C29H30N2O3/c1-20-10-11-25(21(2)17-20)26-27(29(33)31(28(26)32)19-24-9-6-16-34-24)30-14-12-23(13-15-30)18-22-7-4-3-5-8-22/h3-11,16-17,23H,12-15,18-19H2,1-2H3. The Bertz CT molecular complexity index is 1220. The van der Waals surface area contributed by atoms with E-state index in [9.17, 15) is 9.59 Å². The summed E-state index contributed by atoms with van der Waals surface area (Å²) in [5, 5.41) is 0. The summed E-state index contributed by atoms with van der Waals surface area (Å²) in [5.41, 5.74) is 5.40. The first-order valence-electron chi connectivity index (χ1n) is 12.0. The van der Waals surface area contributed by atoms with Crippen molar-refractivity contribution in [3.8, 4) is 0 Å². The van der Waals surface area contributed by atoms with E-state index in [1.807, 2.05) is 32.0 Å². The smallest absolute Gasteiger partial charge is 0.278 e. The molecule has 2 amide bonds. The summed E-state index contributed by atoms with van der Waals surface area (Å²) in [6, 6.07) is 20.2. The van der Waals surface area contributed by atoms with Gasteiger partial charge in [-0.25, -0.2) is 0 Å². The Hall–Kier alpha value is -3.60. The number of hydrogen-bond donors (Lipinski definition) is 0. The summed E-state index contributed by atoms with van der Waals surface area (Å²) in [6.45, 7) is 5.73. The van der Waals surface area contributed by atoms with Crippen LogP contribution in [0.15, 0.2) is 77.0 Å². The van der Waals surface area contributed by atoms with Crippen LogP contribution >= 0.6 is 0 Å². The van der Waals surface area contributed by atoms with Gasteiger partial charge in [0.1, 0.15) is 11.5 Å². The Morgan fingerprint density at radius 2 is 1.68 bits per heavy atom. The van der Waals surface area contributed by atoms with Crippen LogP contribution in [0.25, 0.3) is 5.57 Å². The van der Waals surface area contributed by atoms with Crippen LogP contribution < -0.4 is 0 Å². The lowest BCUT2D eigenvalue weighted by Crippen LogP contribution is -2.38. The number of benzene rings is 2. The van der Waals surface area contributed by atoms with E-state index in [0.717, 1.165) is 49.0 Å². The van der Waals surface area contributed by atoms with Crippen molar-refractivity contribution in [2.45, 2.75) is 39.7 Å². The van der Waals surface area contributed by atoms with Gasteiger partial charge in [0.05, 0.1) is 18.4 Å². The fraction of sp³-hybridized carbons (Fsp3) is 0.310. The SMILES string of the molecule is Cc1ccc(C2=C(N3CCC(Cc4ccccc4)CC3)C(=O)N(Cc3ccco3)C2=O)c(C)c1. The maximum absolute atomic E-state index is 13.6. The number of furan rings is 1. The van der Waals surface area contributed by atoms with Crippen molar-refractivity contribution in [1.29, 1.82) is 0 Å². The number of piperidine rings is 1. The van der Waals surface area contributed by atoms with Gasteiger partial charge in [0, 0.05) is 13.1 Å². The van der Waals surface area contributed by atoms with Gasteiger partial charge in [-0.1, -0.05) is 54.1 Å². The highest BCUT2D eigenvalue weighted by Crippen LogP contribution is 2.36. The lowest BCUT2D eigenvalue weighted by Gasteiger charge is -2.34. The van der Waals surface area contributed by atoms with Crippen LogP contribution in [0.5, 0.6) is 0 Å². The Morgan fingerprint density at radius 3 is 2.35 bits per heavy atom. The van der Waals surface area contributed by atoms with Crippen LogP contribution in [0.1, 0.15) is 40.9 Å². The highest BCUT2D eigenvalue weighted by atomic mass is 16.3. The van der Waals surface area contributed by atoms with Crippen molar-refractivity contribution in [1.82, 2.24) is 9.80 Å². The molecule has 0 saturated carbocycles. The zero-order chi connectivity index (χ0) is 23.7. The van der Waals surface area contributed by atoms with Gasteiger partial charge in [0.25, 0.3) is 11.8 Å². The highest BCUT2D eigenvalue weighted by Gasteiger charge is 2.43. The normalized spacial score (nSPS) is 17.2. The minimum atomic E-state index is -0.241. The molecule has 1 fully saturated rings. The van der Waals surface area contributed by atoms with Crippen molar-refractivity contribution in [2.24, 2.45) is 5.92 Å². The molecule has 34 heavy (non-hydrogen) atoms. The Labute approximate surface area is 200 Å². The number of carbonyl (C=O) groups excluding carboxylic acids is 2. The van der Waals surface area contributed by atoms with Gasteiger partial charge in [-0.2, -0.15) is 0 Å². The van der Waals surface area contributed by atoms with E-state index in [0.29, 0.717) is 22.9 Å². The molecule has 0 unspecified atom stereocenters. The van der Waals surface area contributed by atoms with Crippen LogP contribution in [-0.4, -0.2) is 34.7 Å². The molecule has 2 aliphatic rings. The van der Waals surface area contributed by atoms with E-state index in [1.165, 1.54) is 10.5 Å². The third kappa shape index (κ3) is 4.30. The third-order valence-corrected chi connectivity index (χ3v) is 6.99. The van der Waals surface area contributed by atoms with E-state index in [1.54, 1.807) is 18.4 Å². The number of likely N-dealkylation sites (tertiary alicyclic amines) is 1. The second-order valence-electron chi connectivity index (χ2n) is 9.44. The van der Waals surface area contributed by atoms with Crippen molar-refractivity contribution < 1.29 is 14.0 Å². The molecule has 0 spiro atoms. The molecule has 2 aromatic carbocycles. The Morgan fingerprint density at radius 1 is 0.912 bits per heavy atom. The maximum atomic E-state index is 13.6. The van der Waals surface area contributed by atoms with E-state index >= 15 is 0 Å². The molecule has 0 radical (unpaired) electrons. The fourth-order valence-electron chi connectivity index (χ4n) is 5.20. The summed E-state index contributed by atoms with van der Waals surface area (Å²) in [7, 11) is 0. The number of aryl methyl sites for hydroxylation is 2. The summed E-state index contributed by atoms with van der Waals surface area (Å²) < 4.78 is 5.45. The first-order chi connectivity index (χ1) is 16.5. The van der Waals surface area contributed by atoms with Crippen molar-refractivity contribution >= 4 is 17.4 Å². The lowest BCUT2D eigenvalue weighted by atomic mass is 9.89. The van der Waals surface area contributed by atoms with E-state index in [2.05, 4.69) is 35.2 Å². The minimum Gasteiger partial charge on any atom is -0.467 e. The topological polar surface area (TPSA) is 53.8 Å². The molecule has 1 aromatic heterocycles. The molecular weight excluding hydrogens is 424 g/mol. The number of amides is 2. The number of rotatable bonds is 6. The molecule has 2 aliphatic heterocycles. The largest absolute Gasteiger partial charge is 0.467 e. The molecule has 0 atom stereocenters. The second kappa shape index (κ2) is 9.34. The predicted octanol–water partition coefficient (Wildman–Crippen LogP) is 5.13. The molecule has 0 bridgehead atoms. The molecule has 3 aromatic rings. The van der Waals surface area contributed by atoms with Crippen LogP contribution in [0.4, 0.5) is 0 Å². The predicted molar refractivity (Wildman–Crippen MR) is 132 cm³/mol. The zero-order valence-electron chi connectivity index (χ0n) is 19.8. The van der Waals surface area contributed by atoms with Gasteiger partial charge in [-0.05, 0) is 67.9 Å². The zero-order valence-corrected chi connectivity index (χ0v) is 19.8. The molecule has 174 valence electrons. The molecule has 0 N–H and O–H groups in total. The maximum Gasteiger partial charge on any atom is 0.278 e. The molecule has 3 heterocycles. The Balaban J connectivity index is 1.43. The van der Waals surface area contributed by atoms with Crippen molar-refractivity contribution in [3.05, 3.63) is 101 Å². The van der Waals surface area contributed by atoms with Crippen LogP contribution in [0.2, 0.25) is 0 Å². The van der Waals surface area contributed by atoms with Gasteiger partial charge in [0.2, 0.25) is 0 Å². The van der Waals surface area contributed by atoms with E-state index in [4.69, 9.17) is 4.42 Å². The molecule has 0 aliphatic carbocycles. The first-order valence-corrected chi connectivity index (χ1v) is 12.0. The van der Waals surface area contributed by atoms with Gasteiger partial charge in [0.15, 0.2) is 0 Å². The van der Waals surface area contributed by atoms with Gasteiger partial charge >= 0.3 is 0 Å². The average Bonchev–Trinajstić information content (AvgIpc) is 3.43. The average molecular weight is 455 g/mol. The van der Waals surface area contributed by atoms with Crippen LogP contribution in [0, 0.1) is 19.8 Å². The first kappa shape index (κ1) is 22.2. The quantitative estimate of drug-likeness (QED) is 0.485. The van der Waals surface area contributed by atoms with Crippen LogP contribution in [0.3, 0.4) is 0 Å². The molecule has 5 nitrogen and oxygen atoms in total. The molecule has 5 heteroatoms. The summed E-state index contributed by atoms with van der Waals surface area (Å²) >= 11 is 0. The number of imide groups is 1. The van der Waals surface area contributed by atoms with Crippen molar-refractivity contribution in [3.63, 3.8) is 0 Å². The molecule has 5 rings (SSSR count). The van der Waals surface area contributed by atoms with Gasteiger partial charge < -0.3 is 9.32 Å². The van der Waals surface area contributed by atoms with Crippen LogP contribution in [-0.2, 0) is 22.6 Å². The molecular formula is C29H30N2O3. The summed E-state index contributed by atoms with van der Waals surface area (Å²) in [5.74, 6) is 0.715. The fourth-order valence-corrected chi connectivity index (χ4v) is 5.20. The monoisotopic (exact) mass is 454 g/mol. The lowest BCUT2D eigenvalue weighted by molar-refractivity contribution is -0.138.